The van der Waals surface area contributed by atoms with Gasteiger partial charge in [-0.25, -0.2) is 0 Å². The van der Waals surface area contributed by atoms with E-state index in [4.69, 9.17) is 0 Å². The summed E-state index contributed by atoms with van der Waals surface area (Å²) >= 11 is 0. The van der Waals surface area contributed by atoms with E-state index in [0.29, 0.717) is 13.1 Å². The lowest BCUT2D eigenvalue weighted by molar-refractivity contribution is -0.129. The van der Waals surface area contributed by atoms with Gasteiger partial charge in [0, 0.05) is 6.54 Å². The molecule has 1 heterocycles. The number of rotatable bonds is 4. The fourth-order valence-corrected chi connectivity index (χ4v) is 1.41. The number of hydrogen-bond acceptors (Lipinski definition) is 3. The number of ether oxygens (including phenoxy) is 1. The van der Waals surface area contributed by atoms with E-state index >= 15 is 0 Å². The second kappa shape index (κ2) is 7.37. The molecule has 0 saturated carbocycles. The third kappa shape index (κ3) is 4.57. The van der Waals surface area contributed by atoms with E-state index in [0.717, 1.165) is 6.54 Å². The third-order valence-corrected chi connectivity index (χ3v) is 2.04. The van der Waals surface area contributed by atoms with Gasteiger partial charge in [0.05, 0.1) is 0 Å². The lowest BCUT2D eigenvalue weighted by atomic mass is 10.1. The summed E-state index contributed by atoms with van der Waals surface area (Å²) < 4.78 is 4.61. The van der Waals surface area contributed by atoms with Crippen molar-refractivity contribution in [3.63, 3.8) is 0 Å². The molecule has 0 aromatic heterocycles. The Balaban J connectivity index is 0.00000121. The average Bonchev–Trinajstić information content (AvgIpc) is 2.07. The zero-order valence-electron chi connectivity index (χ0n) is 7.20. The predicted octanol–water partition coefficient (Wildman–Crippen LogP) is 1.07. The van der Waals surface area contributed by atoms with Gasteiger partial charge in [-0.1, -0.05) is 6.42 Å². The van der Waals surface area contributed by atoms with Crippen LogP contribution >= 0.6 is 12.4 Å². The van der Waals surface area contributed by atoms with Crippen LogP contribution in [0.3, 0.4) is 0 Å². The molecular weight excluding hydrogens is 178 g/mol. The van der Waals surface area contributed by atoms with Gasteiger partial charge in [-0.05, 0) is 25.9 Å². The van der Waals surface area contributed by atoms with Gasteiger partial charge in [-0.3, -0.25) is 9.69 Å². The van der Waals surface area contributed by atoms with Crippen molar-refractivity contribution < 1.29 is 9.53 Å². The number of piperidine rings is 1. The fourth-order valence-electron chi connectivity index (χ4n) is 1.41. The molecule has 0 amide bonds. The first-order valence-corrected chi connectivity index (χ1v) is 4.21. The Morgan fingerprint density at radius 3 is 2.50 bits per heavy atom. The Bertz CT molecular complexity index is 116. The van der Waals surface area contributed by atoms with Gasteiger partial charge in [-0.2, -0.15) is 0 Å². The second-order valence-electron chi connectivity index (χ2n) is 2.87. The molecule has 0 atom stereocenters. The monoisotopic (exact) mass is 193 g/mol. The number of halogens is 1. The van der Waals surface area contributed by atoms with E-state index < -0.39 is 0 Å². The van der Waals surface area contributed by atoms with E-state index in [1.807, 2.05) is 0 Å². The maximum absolute atomic E-state index is 9.81. The maximum Gasteiger partial charge on any atom is 0.293 e. The predicted molar refractivity (Wildman–Crippen MR) is 49.6 cm³/mol. The molecule has 0 aromatic carbocycles. The van der Waals surface area contributed by atoms with Gasteiger partial charge < -0.3 is 4.74 Å². The number of likely N-dealkylation sites (tertiary alicyclic amines) is 1. The molecule has 0 aliphatic carbocycles. The van der Waals surface area contributed by atoms with Crippen LogP contribution in [0.4, 0.5) is 0 Å². The molecule has 1 aliphatic rings. The summed E-state index contributed by atoms with van der Waals surface area (Å²) in [6, 6.07) is 0. The third-order valence-electron chi connectivity index (χ3n) is 2.04. The molecule has 1 saturated heterocycles. The Labute approximate surface area is 79.5 Å². The molecule has 0 spiro atoms. The second-order valence-corrected chi connectivity index (χ2v) is 2.87. The van der Waals surface area contributed by atoms with E-state index in [9.17, 15) is 4.79 Å². The van der Waals surface area contributed by atoms with Gasteiger partial charge in [0.15, 0.2) is 0 Å². The Kier molecular flexibility index (Phi) is 7.20. The lowest BCUT2D eigenvalue weighted by Crippen LogP contribution is -2.32. The largest absolute Gasteiger partial charge is 0.467 e. The number of carbonyl (C=O) groups is 1. The van der Waals surface area contributed by atoms with Crippen molar-refractivity contribution in [2.24, 2.45) is 0 Å². The first-order valence-electron chi connectivity index (χ1n) is 4.21. The minimum atomic E-state index is 0. The van der Waals surface area contributed by atoms with Crippen molar-refractivity contribution in [1.82, 2.24) is 4.90 Å². The van der Waals surface area contributed by atoms with E-state index in [-0.39, 0.29) is 12.4 Å². The molecule has 12 heavy (non-hydrogen) atoms. The molecule has 0 N–H and O–H groups in total. The van der Waals surface area contributed by atoms with Crippen LogP contribution < -0.4 is 0 Å². The van der Waals surface area contributed by atoms with Crippen LogP contribution in [0.2, 0.25) is 0 Å². The standard InChI is InChI=1S/C8H15NO2.ClH/c10-8-11-7-6-9-4-2-1-3-5-9;/h8H,1-7H2;1H. The highest BCUT2D eigenvalue weighted by molar-refractivity contribution is 5.85. The zero-order valence-corrected chi connectivity index (χ0v) is 8.02. The molecule has 0 bridgehead atoms. The Hall–Kier alpha value is -0.280. The van der Waals surface area contributed by atoms with Crippen LogP contribution in [0.15, 0.2) is 0 Å². The SMILES string of the molecule is Cl.O=COCCN1CCCCC1. The van der Waals surface area contributed by atoms with Crippen LogP contribution in [0.25, 0.3) is 0 Å². The van der Waals surface area contributed by atoms with E-state index in [1.54, 1.807) is 0 Å². The first-order chi connectivity index (χ1) is 5.43. The van der Waals surface area contributed by atoms with Gasteiger partial charge in [-0.15, -0.1) is 12.4 Å². The van der Waals surface area contributed by atoms with Crippen molar-refractivity contribution in [3.8, 4) is 0 Å². The molecule has 0 unspecified atom stereocenters. The van der Waals surface area contributed by atoms with E-state index in [1.165, 1.54) is 32.4 Å². The molecule has 3 nitrogen and oxygen atoms in total. The van der Waals surface area contributed by atoms with Crippen LogP contribution in [-0.4, -0.2) is 37.6 Å². The molecular formula is C8H16ClNO2. The Morgan fingerprint density at radius 2 is 1.92 bits per heavy atom. The summed E-state index contributed by atoms with van der Waals surface area (Å²) in [6.07, 6.45) is 3.94. The normalized spacial score (nSPS) is 18.0. The van der Waals surface area contributed by atoms with Crippen LogP contribution in [-0.2, 0) is 9.53 Å². The molecule has 72 valence electrons. The lowest BCUT2D eigenvalue weighted by Gasteiger charge is -2.25. The zero-order chi connectivity index (χ0) is 7.94. The first kappa shape index (κ1) is 11.7. The highest BCUT2D eigenvalue weighted by Crippen LogP contribution is 2.07. The van der Waals surface area contributed by atoms with Crippen molar-refractivity contribution in [2.75, 3.05) is 26.2 Å². The van der Waals surface area contributed by atoms with Crippen LogP contribution in [0.1, 0.15) is 19.3 Å². The average molecular weight is 194 g/mol. The van der Waals surface area contributed by atoms with Crippen molar-refractivity contribution >= 4 is 18.9 Å². The van der Waals surface area contributed by atoms with Crippen LogP contribution in [0.5, 0.6) is 0 Å². The summed E-state index contributed by atoms with van der Waals surface area (Å²) in [4.78, 5) is 12.1. The molecule has 0 radical (unpaired) electrons. The topological polar surface area (TPSA) is 29.5 Å². The summed E-state index contributed by atoms with van der Waals surface area (Å²) in [5.74, 6) is 0. The van der Waals surface area contributed by atoms with Crippen molar-refractivity contribution in [1.29, 1.82) is 0 Å². The molecule has 1 rings (SSSR count). The minimum Gasteiger partial charge on any atom is -0.467 e. The highest BCUT2D eigenvalue weighted by Gasteiger charge is 2.08. The minimum absolute atomic E-state index is 0. The molecule has 1 aliphatic heterocycles. The van der Waals surface area contributed by atoms with Crippen molar-refractivity contribution in [2.45, 2.75) is 19.3 Å². The summed E-state index contributed by atoms with van der Waals surface area (Å²) in [5, 5.41) is 0. The molecule has 0 aromatic rings. The van der Waals surface area contributed by atoms with Crippen LogP contribution in [0, 0.1) is 0 Å². The molecule has 1 fully saturated rings. The summed E-state index contributed by atoms with van der Waals surface area (Å²) in [5.41, 5.74) is 0. The smallest absolute Gasteiger partial charge is 0.293 e. The maximum atomic E-state index is 9.81. The molecule has 4 heteroatoms. The van der Waals surface area contributed by atoms with E-state index in [2.05, 4.69) is 9.64 Å². The number of hydrogen-bond donors (Lipinski definition) is 0. The van der Waals surface area contributed by atoms with Gasteiger partial charge in [0.1, 0.15) is 6.61 Å². The summed E-state index contributed by atoms with van der Waals surface area (Å²) in [6.45, 7) is 4.30. The van der Waals surface area contributed by atoms with Gasteiger partial charge in [0.2, 0.25) is 0 Å². The quantitative estimate of drug-likeness (QED) is 0.494. The fraction of sp³-hybridized carbons (Fsp3) is 0.875. The highest BCUT2D eigenvalue weighted by atomic mass is 35.5. The number of nitrogens with zero attached hydrogens (tertiary/aromatic N) is 1. The van der Waals surface area contributed by atoms with Crippen molar-refractivity contribution in [3.05, 3.63) is 0 Å². The van der Waals surface area contributed by atoms with Gasteiger partial charge >= 0.3 is 0 Å². The summed E-state index contributed by atoms with van der Waals surface area (Å²) in [7, 11) is 0. The van der Waals surface area contributed by atoms with Gasteiger partial charge in [0.25, 0.3) is 6.47 Å². The number of carbonyl (C=O) groups excluding carboxylic acids is 1. The Morgan fingerprint density at radius 1 is 1.25 bits per heavy atom.